The second-order valence-electron chi connectivity index (χ2n) is 5.74. The Morgan fingerprint density at radius 2 is 2.00 bits per heavy atom. The fourth-order valence-corrected chi connectivity index (χ4v) is 2.71. The number of likely N-dealkylation sites (N-methyl/N-ethyl adjacent to an activating group) is 1. The molecule has 0 aromatic heterocycles. The fourth-order valence-electron chi connectivity index (χ4n) is 2.71. The zero-order valence-corrected chi connectivity index (χ0v) is 14.2. The molecule has 0 N–H and O–H groups in total. The molecule has 2 rings (SSSR count). The van der Waals surface area contributed by atoms with Crippen molar-refractivity contribution in [3.8, 4) is 6.07 Å². The number of hydrogen-bond donors (Lipinski definition) is 0. The molecule has 24 heavy (non-hydrogen) atoms. The molecule has 0 spiro atoms. The van der Waals surface area contributed by atoms with Crippen LogP contribution in [0.1, 0.15) is 30.6 Å². The van der Waals surface area contributed by atoms with Crippen LogP contribution in [0.5, 0.6) is 0 Å². The van der Waals surface area contributed by atoms with Crippen LogP contribution in [0.4, 0.5) is 5.69 Å². The zero-order valence-electron chi connectivity index (χ0n) is 14.2. The molecule has 0 aliphatic carbocycles. The Labute approximate surface area is 142 Å². The lowest BCUT2D eigenvalue weighted by atomic mass is 10.1. The van der Waals surface area contributed by atoms with Gasteiger partial charge < -0.3 is 14.5 Å². The summed E-state index contributed by atoms with van der Waals surface area (Å²) in [6, 6.07) is 8.88. The van der Waals surface area contributed by atoms with E-state index in [1.54, 1.807) is 29.2 Å². The smallest absolute Gasteiger partial charge is 0.338 e. The van der Waals surface area contributed by atoms with E-state index in [9.17, 15) is 9.59 Å². The molecule has 1 aliphatic heterocycles. The third-order valence-electron chi connectivity index (χ3n) is 4.26. The third-order valence-corrected chi connectivity index (χ3v) is 4.26. The number of ether oxygens (including phenoxy) is 1. The number of anilines is 1. The van der Waals surface area contributed by atoms with E-state index in [-0.39, 0.29) is 24.2 Å². The number of nitriles is 1. The van der Waals surface area contributed by atoms with Crippen LogP contribution in [0.3, 0.4) is 0 Å². The van der Waals surface area contributed by atoms with Crippen molar-refractivity contribution in [2.24, 2.45) is 5.92 Å². The van der Waals surface area contributed by atoms with E-state index in [0.717, 1.165) is 13.1 Å². The van der Waals surface area contributed by atoms with Crippen molar-refractivity contribution in [1.82, 2.24) is 4.90 Å². The first-order valence-corrected chi connectivity index (χ1v) is 8.28. The molecule has 0 radical (unpaired) electrons. The SMILES string of the molecule is CCN(CC)CCOC(=O)c1ccc(N2CC(C#N)CC2=O)cc1. The molecule has 1 heterocycles. The largest absolute Gasteiger partial charge is 0.461 e. The van der Waals surface area contributed by atoms with Crippen LogP contribution >= 0.6 is 0 Å². The molecule has 1 fully saturated rings. The van der Waals surface area contributed by atoms with Crippen molar-refractivity contribution in [3.05, 3.63) is 29.8 Å². The van der Waals surface area contributed by atoms with Gasteiger partial charge in [0.15, 0.2) is 0 Å². The molecular weight excluding hydrogens is 306 g/mol. The number of benzene rings is 1. The number of carbonyl (C=O) groups excluding carboxylic acids is 2. The van der Waals surface area contributed by atoms with Gasteiger partial charge >= 0.3 is 5.97 Å². The van der Waals surface area contributed by atoms with E-state index in [2.05, 4.69) is 24.8 Å². The second kappa shape index (κ2) is 8.46. The summed E-state index contributed by atoms with van der Waals surface area (Å²) in [7, 11) is 0. The highest BCUT2D eigenvalue weighted by Gasteiger charge is 2.30. The number of nitrogens with zero attached hydrogens (tertiary/aromatic N) is 3. The molecule has 6 heteroatoms. The predicted octanol–water partition coefficient (Wildman–Crippen LogP) is 2.06. The van der Waals surface area contributed by atoms with E-state index in [4.69, 9.17) is 10.00 Å². The van der Waals surface area contributed by atoms with Gasteiger partial charge in [0.2, 0.25) is 5.91 Å². The maximum atomic E-state index is 12.0. The van der Waals surface area contributed by atoms with Crippen molar-refractivity contribution in [2.45, 2.75) is 20.3 Å². The van der Waals surface area contributed by atoms with Crippen molar-refractivity contribution in [2.75, 3.05) is 37.7 Å². The highest BCUT2D eigenvalue weighted by atomic mass is 16.5. The van der Waals surface area contributed by atoms with E-state index in [1.165, 1.54) is 0 Å². The number of hydrogen-bond acceptors (Lipinski definition) is 5. The number of rotatable bonds is 7. The van der Waals surface area contributed by atoms with Crippen LogP contribution in [0, 0.1) is 17.2 Å². The van der Waals surface area contributed by atoms with Gasteiger partial charge in [-0.2, -0.15) is 5.26 Å². The van der Waals surface area contributed by atoms with Gasteiger partial charge in [-0.05, 0) is 37.4 Å². The molecule has 1 aromatic carbocycles. The second-order valence-corrected chi connectivity index (χ2v) is 5.74. The van der Waals surface area contributed by atoms with Crippen molar-refractivity contribution in [3.63, 3.8) is 0 Å². The van der Waals surface area contributed by atoms with Crippen molar-refractivity contribution >= 4 is 17.6 Å². The van der Waals surface area contributed by atoms with E-state index in [1.807, 2.05) is 0 Å². The summed E-state index contributed by atoms with van der Waals surface area (Å²) in [4.78, 5) is 27.7. The van der Waals surface area contributed by atoms with E-state index >= 15 is 0 Å². The summed E-state index contributed by atoms with van der Waals surface area (Å²) in [6.07, 6.45) is 0.256. The highest BCUT2D eigenvalue weighted by molar-refractivity contribution is 5.97. The molecule has 6 nitrogen and oxygen atoms in total. The molecule has 1 aliphatic rings. The summed E-state index contributed by atoms with van der Waals surface area (Å²) in [5.74, 6) is -0.685. The first-order chi connectivity index (χ1) is 11.6. The van der Waals surface area contributed by atoms with Crippen LogP contribution in [0.15, 0.2) is 24.3 Å². The number of esters is 1. The van der Waals surface area contributed by atoms with Gasteiger partial charge in [0.25, 0.3) is 0 Å². The summed E-state index contributed by atoms with van der Waals surface area (Å²) < 4.78 is 5.28. The van der Waals surface area contributed by atoms with E-state index < -0.39 is 0 Å². The molecule has 0 bridgehead atoms. The van der Waals surface area contributed by atoms with Gasteiger partial charge in [-0.15, -0.1) is 0 Å². The minimum atomic E-state index is -0.364. The number of amides is 1. The predicted molar refractivity (Wildman–Crippen MR) is 90.6 cm³/mol. The molecule has 128 valence electrons. The van der Waals surface area contributed by atoms with Gasteiger partial charge in [-0.25, -0.2) is 4.79 Å². The molecule has 1 amide bonds. The topological polar surface area (TPSA) is 73.6 Å². The van der Waals surface area contributed by atoms with Gasteiger partial charge in [-0.3, -0.25) is 4.79 Å². The third kappa shape index (κ3) is 4.33. The Bertz CT molecular complexity index is 617. The minimum Gasteiger partial charge on any atom is -0.461 e. The van der Waals surface area contributed by atoms with Gasteiger partial charge in [-0.1, -0.05) is 13.8 Å². The summed E-state index contributed by atoms with van der Waals surface area (Å²) in [6.45, 7) is 7.47. The average Bonchev–Trinajstić information content (AvgIpc) is 2.99. The van der Waals surface area contributed by atoms with Crippen LogP contribution < -0.4 is 4.90 Å². The molecular formula is C18H23N3O3. The average molecular weight is 329 g/mol. The van der Waals surface area contributed by atoms with Crippen molar-refractivity contribution in [1.29, 1.82) is 5.26 Å². The lowest BCUT2D eigenvalue weighted by molar-refractivity contribution is -0.117. The molecule has 0 saturated carbocycles. The molecule has 1 unspecified atom stereocenters. The van der Waals surface area contributed by atoms with Crippen LogP contribution in [-0.2, 0) is 9.53 Å². The molecule has 1 saturated heterocycles. The zero-order chi connectivity index (χ0) is 17.5. The Morgan fingerprint density at radius 1 is 1.33 bits per heavy atom. The quantitative estimate of drug-likeness (QED) is 0.716. The molecule has 1 aromatic rings. The van der Waals surface area contributed by atoms with E-state index in [0.29, 0.717) is 30.9 Å². The Balaban J connectivity index is 1.91. The van der Waals surface area contributed by atoms with Crippen LogP contribution in [-0.4, -0.2) is 49.6 Å². The summed E-state index contributed by atoms with van der Waals surface area (Å²) in [5.41, 5.74) is 1.17. The fraction of sp³-hybridized carbons (Fsp3) is 0.500. The number of carbonyl (C=O) groups is 2. The minimum absolute atomic E-state index is 0.0592. The molecule has 1 atom stereocenters. The van der Waals surface area contributed by atoms with Crippen LogP contribution in [0.2, 0.25) is 0 Å². The van der Waals surface area contributed by atoms with Crippen LogP contribution in [0.25, 0.3) is 0 Å². The van der Waals surface area contributed by atoms with Gasteiger partial charge in [0.1, 0.15) is 6.61 Å². The Kier molecular flexibility index (Phi) is 6.33. The first kappa shape index (κ1) is 18.0. The monoisotopic (exact) mass is 329 g/mol. The lowest BCUT2D eigenvalue weighted by Gasteiger charge is -2.18. The Hall–Kier alpha value is -2.39. The van der Waals surface area contributed by atoms with Crippen molar-refractivity contribution < 1.29 is 14.3 Å². The summed E-state index contributed by atoms with van der Waals surface area (Å²) in [5, 5.41) is 8.93. The normalized spacial score (nSPS) is 17.2. The first-order valence-electron chi connectivity index (χ1n) is 8.28. The lowest BCUT2D eigenvalue weighted by Crippen LogP contribution is -2.28. The summed E-state index contributed by atoms with van der Waals surface area (Å²) >= 11 is 0. The maximum Gasteiger partial charge on any atom is 0.338 e. The highest BCUT2D eigenvalue weighted by Crippen LogP contribution is 2.25. The van der Waals surface area contributed by atoms with Gasteiger partial charge in [0, 0.05) is 25.2 Å². The standard InChI is InChI=1S/C18H23N3O3/c1-3-20(4-2)9-10-24-18(23)15-5-7-16(8-6-15)21-13-14(12-19)11-17(21)22/h5-8,14H,3-4,9-11,13H2,1-2H3. The van der Waals surface area contributed by atoms with Gasteiger partial charge in [0.05, 0.1) is 17.6 Å². The Morgan fingerprint density at radius 3 is 2.54 bits per heavy atom. The maximum absolute atomic E-state index is 12.0.